The number of piperidine rings is 1. The number of aliphatic imine (C=N–C) groups is 1. The van der Waals surface area contributed by atoms with Crippen molar-refractivity contribution in [2.45, 2.75) is 51.6 Å². The maximum Gasteiger partial charge on any atom is 0.213 e. The van der Waals surface area contributed by atoms with Crippen molar-refractivity contribution in [2.24, 2.45) is 4.99 Å². The summed E-state index contributed by atoms with van der Waals surface area (Å²) in [6.07, 6.45) is 4.04. The normalized spacial score (nSPS) is 17.9. The Labute approximate surface area is 173 Å². The lowest BCUT2D eigenvalue weighted by molar-refractivity contribution is 0.379. The van der Waals surface area contributed by atoms with Crippen molar-refractivity contribution in [3.05, 3.63) is 42.1 Å². The Morgan fingerprint density at radius 1 is 1.38 bits per heavy atom. The Balaban J connectivity index is 1.55. The van der Waals surface area contributed by atoms with E-state index in [0.29, 0.717) is 18.5 Å². The second-order valence-electron chi connectivity index (χ2n) is 8.43. The monoisotopic (exact) mass is 399 g/mol. The number of nitrogens with zero attached hydrogens (tertiary/aromatic N) is 3. The average Bonchev–Trinajstić information content (AvgIpc) is 3.21. The molecular weight excluding hydrogens is 366 g/mol. The van der Waals surface area contributed by atoms with Crippen molar-refractivity contribution in [1.82, 2.24) is 15.6 Å². The molecule has 0 aliphatic carbocycles. The lowest BCUT2D eigenvalue weighted by atomic mass is 9.94. The molecule has 7 heteroatoms. The third-order valence-electron chi connectivity index (χ3n) is 5.10. The molecule has 0 bridgehead atoms. The first-order chi connectivity index (χ1) is 13.9. The molecule has 2 N–H and O–H groups in total. The maximum absolute atomic E-state index is 5.85. The number of aromatic nitrogens is 1. The number of benzene rings is 1. The molecule has 1 atom stereocenters. The Hall–Kier alpha value is -2.70. The molecule has 1 unspecified atom stereocenters. The summed E-state index contributed by atoms with van der Waals surface area (Å²) in [7, 11) is 3.49. The van der Waals surface area contributed by atoms with Gasteiger partial charge in [-0.25, -0.2) is 4.98 Å². The van der Waals surface area contributed by atoms with Crippen LogP contribution >= 0.6 is 0 Å². The molecule has 0 amide bonds. The van der Waals surface area contributed by atoms with E-state index in [9.17, 15) is 0 Å². The second-order valence-corrected chi connectivity index (χ2v) is 8.43. The summed E-state index contributed by atoms with van der Waals surface area (Å²) in [6, 6.07) is 8.55. The van der Waals surface area contributed by atoms with Crippen molar-refractivity contribution in [1.29, 1.82) is 0 Å². The fourth-order valence-electron chi connectivity index (χ4n) is 3.42. The van der Waals surface area contributed by atoms with Gasteiger partial charge in [0.25, 0.3) is 0 Å². The minimum Gasteiger partial charge on any atom is -0.497 e. The number of guanidine groups is 1. The number of methoxy groups -OCH3 is 1. The lowest BCUT2D eigenvalue weighted by Crippen LogP contribution is -2.51. The molecule has 2 heterocycles. The van der Waals surface area contributed by atoms with Gasteiger partial charge in [0.05, 0.1) is 19.9 Å². The Morgan fingerprint density at radius 2 is 2.21 bits per heavy atom. The third-order valence-corrected chi connectivity index (χ3v) is 5.10. The quantitative estimate of drug-likeness (QED) is 0.593. The smallest absolute Gasteiger partial charge is 0.213 e. The van der Waals surface area contributed by atoms with Gasteiger partial charge in [0.1, 0.15) is 11.5 Å². The molecule has 1 aromatic heterocycles. The molecule has 0 radical (unpaired) electrons. The van der Waals surface area contributed by atoms with Crippen molar-refractivity contribution in [2.75, 3.05) is 32.1 Å². The van der Waals surface area contributed by atoms with E-state index in [-0.39, 0.29) is 5.41 Å². The summed E-state index contributed by atoms with van der Waals surface area (Å²) in [5, 5.41) is 6.85. The van der Waals surface area contributed by atoms with Gasteiger partial charge in [-0.05, 0) is 25.0 Å². The topological polar surface area (TPSA) is 74.9 Å². The fourth-order valence-corrected chi connectivity index (χ4v) is 3.42. The van der Waals surface area contributed by atoms with Gasteiger partial charge < -0.3 is 24.7 Å². The molecule has 1 saturated heterocycles. The Morgan fingerprint density at radius 3 is 2.90 bits per heavy atom. The van der Waals surface area contributed by atoms with Crippen LogP contribution in [0.4, 0.5) is 5.69 Å². The highest BCUT2D eigenvalue weighted by Crippen LogP contribution is 2.24. The van der Waals surface area contributed by atoms with Crippen LogP contribution in [0.15, 0.2) is 39.9 Å². The molecule has 1 aromatic carbocycles. The number of ether oxygens (including phenoxy) is 1. The average molecular weight is 400 g/mol. The van der Waals surface area contributed by atoms with E-state index in [1.165, 1.54) is 5.69 Å². The van der Waals surface area contributed by atoms with E-state index in [2.05, 4.69) is 58.4 Å². The largest absolute Gasteiger partial charge is 0.497 e. The molecule has 0 saturated carbocycles. The molecule has 2 aromatic rings. The number of hydrogen-bond donors (Lipinski definition) is 2. The summed E-state index contributed by atoms with van der Waals surface area (Å²) in [4.78, 5) is 11.1. The fraction of sp³-hybridized carbons (Fsp3) is 0.545. The minimum absolute atomic E-state index is 0.0448. The summed E-state index contributed by atoms with van der Waals surface area (Å²) in [5.41, 5.74) is 1.14. The van der Waals surface area contributed by atoms with Crippen molar-refractivity contribution in [3.63, 3.8) is 0 Å². The predicted octanol–water partition coefficient (Wildman–Crippen LogP) is 3.31. The van der Waals surface area contributed by atoms with Crippen molar-refractivity contribution in [3.8, 4) is 5.75 Å². The number of nitrogens with one attached hydrogen (secondary N) is 2. The highest BCUT2D eigenvalue weighted by molar-refractivity contribution is 5.80. The Bertz CT molecular complexity index is 825. The first kappa shape index (κ1) is 21.0. The minimum atomic E-state index is -0.0448. The van der Waals surface area contributed by atoms with Gasteiger partial charge in [-0.15, -0.1) is 0 Å². The van der Waals surface area contributed by atoms with E-state index < -0.39 is 0 Å². The van der Waals surface area contributed by atoms with Crippen LogP contribution < -0.4 is 20.3 Å². The van der Waals surface area contributed by atoms with Gasteiger partial charge in [0.15, 0.2) is 5.96 Å². The number of hydrogen-bond acceptors (Lipinski definition) is 5. The molecule has 7 nitrogen and oxygen atoms in total. The first-order valence-electron chi connectivity index (χ1n) is 10.2. The molecule has 1 aliphatic rings. The van der Waals surface area contributed by atoms with Crippen molar-refractivity contribution < 1.29 is 9.15 Å². The van der Waals surface area contributed by atoms with Crippen LogP contribution in [0.5, 0.6) is 5.75 Å². The maximum atomic E-state index is 5.85. The van der Waals surface area contributed by atoms with E-state index in [1.54, 1.807) is 20.4 Å². The highest BCUT2D eigenvalue weighted by atomic mass is 16.5. The third kappa shape index (κ3) is 5.65. The van der Waals surface area contributed by atoms with Crippen LogP contribution in [0.1, 0.15) is 45.3 Å². The zero-order valence-corrected chi connectivity index (χ0v) is 18.2. The van der Waals surface area contributed by atoms with Crippen LogP contribution in [-0.2, 0) is 12.0 Å². The molecule has 3 rings (SSSR count). The molecular formula is C22H33N5O2. The summed E-state index contributed by atoms with van der Waals surface area (Å²) in [5.74, 6) is 3.20. The van der Waals surface area contributed by atoms with Crippen LogP contribution in [0.3, 0.4) is 0 Å². The summed E-state index contributed by atoms with van der Waals surface area (Å²) < 4.78 is 11.2. The molecule has 1 fully saturated rings. The standard InChI is InChI=1S/C22H33N5O2/c1-22(2,3)19-13-24-20(29-19)14-25-21(23-4)26-16-8-7-11-27(15-16)17-9-6-10-18(12-17)28-5/h6,9-10,12-13,16H,7-8,11,14-15H2,1-5H3,(H2,23,25,26). The van der Waals surface area contributed by atoms with Crippen molar-refractivity contribution >= 4 is 11.6 Å². The van der Waals surface area contributed by atoms with Crippen LogP contribution in [0, 0.1) is 0 Å². The molecule has 1 aliphatic heterocycles. The van der Waals surface area contributed by atoms with Gasteiger partial charge >= 0.3 is 0 Å². The number of oxazole rings is 1. The molecule has 29 heavy (non-hydrogen) atoms. The molecule has 0 spiro atoms. The first-order valence-corrected chi connectivity index (χ1v) is 10.2. The van der Waals surface area contributed by atoms with E-state index in [1.807, 2.05) is 12.1 Å². The SMILES string of the molecule is CN=C(NCc1ncc(C(C)(C)C)o1)NC1CCCN(c2cccc(OC)c2)C1. The van der Waals surface area contributed by atoms with Crippen LogP contribution in [0.2, 0.25) is 0 Å². The van der Waals surface area contributed by atoms with Gasteiger partial charge in [-0.1, -0.05) is 26.8 Å². The number of rotatable bonds is 5. The Kier molecular flexibility index (Phi) is 6.67. The van der Waals surface area contributed by atoms with E-state index in [0.717, 1.165) is 43.4 Å². The predicted molar refractivity (Wildman–Crippen MR) is 117 cm³/mol. The van der Waals surface area contributed by atoms with Crippen LogP contribution in [0.25, 0.3) is 0 Å². The van der Waals surface area contributed by atoms with Gasteiger partial charge in [0, 0.05) is 43.3 Å². The van der Waals surface area contributed by atoms with E-state index in [4.69, 9.17) is 9.15 Å². The zero-order chi connectivity index (χ0) is 20.9. The number of anilines is 1. The summed E-state index contributed by atoms with van der Waals surface area (Å²) in [6.45, 7) is 8.81. The van der Waals surface area contributed by atoms with Gasteiger partial charge in [-0.3, -0.25) is 4.99 Å². The van der Waals surface area contributed by atoms with Gasteiger partial charge in [-0.2, -0.15) is 0 Å². The summed E-state index contributed by atoms with van der Waals surface area (Å²) >= 11 is 0. The molecule has 158 valence electrons. The van der Waals surface area contributed by atoms with Gasteiger partial charge in [0.2, 0.25) is 5.89 Å². The van der Waals surface area contributed by atoms with Crippen LogP contribution in [-0.4, -0.2) is 44.2 Å². The highest BCUT2D eigenvalue weighted by Gasteiger charge is 2.22. The van der Waals surface area contributed by atoms with E-state index >= 15 is 0 Å². The second kappa shape index (κ2) is 9.20. The zero-order valence-electron chi connectivity index (χ0n) is 18.2. The lowest BCUT2D eigenvalue weighted by Gasteiger charge is -2.35.